The Balaban J connectivity index is 2.34. The number of nitrogens with one attached hydrogen (secondary N) is 1. The summed E-state index contributed by atoms with van der Waals surface area (Å²) in [5.41, 5.74) is 0. The van der Waals surface area contributed by atoms with E-state index in [1.807, 2.05) is 0 Å². The normalized spacial score (nSPS) is 27.4. The first-order valence-corrected chi connectivity index (χ1v) is 7.68. The Morgan fingerprint density at radius 3 is 2.24 bits per heavy atom. The standard InChI is InChI=1S/C15H32N2/c1-5-13(4)12-17(7-3)15-10-8-14(9-11-15)16-6-2/h13-16H,5-12H2,1-4H3. The molecule has 0 heterocycles. The van der Waals surface area contributed by atoms with Gasteiger partial charge in [0.15, 0.2) is 0 Å². The molecular formula is C15H32N2. The summed E-state index contributed by atoms with van der Waals surface area (Å²) in [5.74, 6) is 0.849. The van der Waals surface area contributed by atoms with Crippen LogP contribution in [0.25, 0.3) is 0 Å². The Kier molecular flexibility index (Phi) is 7.14. The Hall–Kier alpha value is -0.0800. The van der Waals surface area contributed by atoms with E-state index in [-0.39, 0.29) is 0 Å². The van der Waals surface area contributed by atoms with Crippen molar-refractivity contribution in [2.75, 3.05) is 19.6 Å². The molecule has 0 amide bonds. The molecule has 2 nitrogen and oxygen atoms in total. The Morgan fingerprint density at radius 2 is 1.76 bits per heavy atom. The highest BCUT2D eigenvalue weighted by molar-refractivity contribution is 4.82. The topological polar surface area (TPSA) is 15.3 Å². The maximum atomic E-state index is 3.60. The highest BCUT2D eigenvalue weighted by Gasteiger charge is 2.25. The van der Waals surface area contributed by atoms with Crippen molar-refractivity contribution in [3.8, 4) is 0 Å². The van der Waals surface area contributed by atoms with Gasteiger partial charge in [-0.25, -0.2) is 0 Å². The van der Waals surface area contributed by atoms with Crippen molar-refractivity contribution < 1.29 is 0 Å². The van der Waals surface area contributed by atoms with Gasteiger partial charge in [-0.15, -0.1) is 0 Å². The molecule has 1 N–H and O–H groups in total. The molecule has 1 unspecified atom stereocenters. The Morgan fingerprint density at radius 1 is 1.12 bits per heavy atom. The molecule has 0 spiro atoms. The molecule has 0 aromatic heterocycles. The van der Waals surface area contributed by atoms with E-state index < -0.39 is 0 Å². The van der Waals surface area contributed by atoms with Gasteiger partial charge < -0.3 is 10.2 Å². The van der Waals surface area contributed by atoms with Gasteiger partial charge in [0.2, 0.25) is 0 Å². The minimum atomic E-state index is 0.790. The summed E-state index contributed by atoms with van der Waals surface area (Å²) in [6, 6.07) is 1.64. The number of hydrogen-bond acceptors (Lipinski definition) is 2. The van der Waals surface area contributed by atoms with Crippen LogP contribution in [0, 0.1) is 5.92 Å². The second-order valence-corrected chi connectivity index (χ2v) is 5.66. The van der Waals surface area contributed by atoms with Gasteiger partial charge in [0, 0.05) is 18.6 Å². The van der Waals surface area contributed by atoms with Gasteiger partial charge in [0.25, 0.3) is 0 Å². The lowest BCUT2D eigenvalue weighted by Crippen LogP contribution is -2.43. The van der Waals surface area contributed by atoms with Crippen LogP contribution in [0.2, 0.25) is 0 Å². The lowest BCUT2D eigenvalue weighted by atomic mass is 9.89. The van der Waals surface area contributed by atoms with Gasteiger partial charge in [-0.05, 0) is 44.7 Å². The van der Waals surface area contributed by atoms with Crippen LogP contribution in [0.5, 0.6) is 0 Å². The lowest BCUT2D eigenvalue weighted by molar-refractivity contribution is 0.132. The molecule has 0 saturated heterocycles. The third kappa shape index (κ3) is 4.97. The van der Waals surface area contributed by atoms with Crippen molar-refractivity contribution in [3.05, 3.63) is 0 Å². The molecule has 0 aromatic carbocycles. The number of rotatable bonds is 7. The van der Waals surface area contributed by atoms with E-state index in [1.165, 1.54) is 45.2 Å². The molecule has 1 aliphatic carbocycles. The van der Waals surface area contributed by atoms with Gasteiger partial charge in [-0.2, -0.15) is 0 Å². The van der Waals surface area contributed by atoms with Crippen LogP contribution in [-0.2, 0) is 0 Å². The number of hydrogen-bond donors (Lipinski definition) is 1. The molecule has 102 valence electrons. The van der Waals surface area contributed by atoms with Crippen LogP contribution < -0.4 is 5.32 Å². The molecule has 0 aliphatic heterocycles. The van der Waals surface area contributed by atoms with Crippen molar-refractivity contribution in [1.82, 2.24) is 10.2 Å². The fourth-order valence-electron chi connectivity index (χ4n) is 3.00. The van der Waals surface area contributed by atoms with Gasteiger partial charge in [-0.1, -0.05) is 34.1 Å². The van der Waals surface area contributed by atoms with E-state index in [4.69, 9.17) is 0 Å². The van der Waals surface area contributed by atoms with E-state index in [1.54, 1.807) is 0 Å². The van der Waals surface area contributed by atoms with Gasteiger partial charge in [-0.3, -0.25) is 0 Å². The molecule has 0 aromatic rings. The summed E-state index contributed by atoms with van der Waals surface area (Å²) in [5, 5.41) is 3.60. The minimum absolute atomic E-state index is 0.790. The summed E-state index contributed by atoms with van der Waals surface area (Å²) in [6.07, 6.45) is 6.83. The third-order valence-electron chi connectivity index (χ3n) is 4.36. The molecule has 1 aliphatic rings. The largest absolute Gasteiger partial charge is 0.314 e. The second kappa shape index (κ2) is 8.10. The van der Waals surface area contributed by atoms with Crippen LogP contribution >= 0.6 is 0 Å². The van der Waals surface area contributed by atoms with E-state index >= 15 is 0 Å². The maximum Gasteiger partial charge on any atom is 0.00964 e. The molecule has 1 rings (SSSR count). The second-order valence-electron chi connectivity index (χ2n) is 5.66. The highest BCUT2D eigenvalue weighted by atomic mass is 15.2. The fourth-order valence-corrected chi connectivity index (χ4v) is 3.00. The predicted octanol–water partition coefficient (Wildman–Crippen LogP) is 3.28. The summed E-state index contributed by atoms with van der Waals surface area (Å²) in [6.45, 7) is 12.9. The van der Waals surface area contributed by atoms with E-state index in [0.29, 0.717) is 0 Å². The zero-order chi connectivity index (χ0) is 12.7. The van der Waals surface area contributed by atoms with Crippen molar-refractivity contribution in [2.45, 2.75) is 71.9 Å². The molecule has 1 atom stereocenters. The monoisotopic (exact) mass is 240 g/mol. The molecule has 1 saturated carbocycles. The van der Waals surface area contributed by atoms with Crippen molar-refractivity contribution in [2.24, 2.45) is 5.92 Å². The van der Waals surface area contributed by atoms with Crippen LogP contribution in [0.15, 0.2) is 0 Å². The molecule has 0 radical (unpaired) electrons. The molecule has 17 heavy (non-hydrogen) atoms. The van der Waals surface area contributed by atoms with Crippen LogP contribution in [0.4, 0.5) is 0 Å². The van der Waals surface area contributed by atoms with Crippen molar-refractivity contribution in [1.29, 1.82) is 0 Å². The zero-order valence-corrected chi connectivity index (χ0v) is 12.3. The maximum absolute atomic E-state index is 3.60. The summed E-state index contributed by atoms with van der Waals surface area (Å²) < 4.78 is 0. The van der Waals surface area contributed by atoms with Gasteiger partial charge >= 0.3 is 0 Å². The minimum Gasteiger partial charge on any atom is -0.314 e. The van der Waals surface area contributed by atoms with Crippen LogP contribution in [0.1, 0.15) is 59.8 Å². The SMILES string of the molecule is CCNC1CCC(N(CC)CC(C)CC)CC1. The van der Waals surface area contributed by atoms with Crippen molar-refractivity contribution >= 4 is 0 Å². The number of nitrogens with zero attached hydrogens (tertiary/aromatic N) is 1. The average molecular weight is 240 g/mol. The first-order valence-electron chi connectivity index (χ1n) is 7.68. The third-order valence-corrected chi connectivity index (χ3v) is 4.36. The Bertz CT molecular complexity index is 185. The summed E-state index contributed by atoms with van der Waals surface area (Å²) >= 11 is 0. The van der Waals surface area contributed by atoms with E-state index in [9.17, 15) is 0 Å². The van der Waals surface area contributed by atoms with Crippen LogP contribution in [0.3, 0.4) is 0 Å². The van der Waals surface area contributed by atoms with Gasteiger partial charge in [0.05, 0.1) is 0 Å². The average Bonchev–Trinajstić information content (AvgIpc) is 2.37. The molecule has 2 heteroatoms. The quantitative estimate of drug-likeness (QED) is 0.735. The summed E-state index contributed by atoms with van der Waals surface area (Å²) in [4.78, 5) is 2.72. The Labute approximate surface area is 108 Å². The first kappa shape index (κ1) is 15.0. The van der Waals surface area contributed by atoms with E-state index in [2.05, 4.69) is 37.9 Å². The lowest BCUT2D eigenvalue weighted by Gasteiger charge is -2.37. The van der Waals surface area contributed by atoms with Crippen molar-refractivity contribution in [3.63, 3.8) is 0 Å². The molecular weight excluding hydrogens is 208 g/mol. The fraction of sp³-hybridized carbons (Fsp3) is 1.00. The van der Waals surface area contributed by atoms with Gasteiger partial charge in [0.1, 0.15) is 0 Å². The van der Waals surface area contributed by atoms with Crippen LogP contribution in [-0.4, -0.2) is 36.6 Å². The smallest absolute Gasteiger partial charge is 0.00964 e. The molecule has 0 bridgehead atoms. The summed E-state index contributed by atoms with van der Waals surface area (Å²) in [7, 11) is 0. The van der Waals surface area contributed by atoms with E-state index in [0.717, 1.165) is 24.5 Å². The first-order chi connectivity index (χ1) is 8.21. The highest BCUT2D eigenvalue weighted by Crippen LogP contribution is 2.24. The molecule has 1 fully saturated rings. The zero-order valence-electron chi connectivity index (χ0n) is 12.3. The predicted molar refractivity (Wildman–Crippen MR) is 76.4 cm³/mol.